The Bertz CT molecular complexity index is 952. The third-order valence-corrected chi connectivity index (χ3v) is 5.08. The Balaban J connectivity index is 1.49. The van der Waals surface area contributed by atoms with Gasteiger partial charge in [0, 0.05) is 10.9 Å². The Labute approximate surface area is 174 Å². The highest BCUT2D eigenvalue weighted by atomic mass is 32.1. The lowest BCUT2D eigenvalue weighted by molar-refractivity contribution is -0.143. The molecule has 0 saturated heterocycles. The van der Waals surface area contributed by atoms with Crippen LogP contribution < -0.4 is 14.2 Å². The lowest BCUT2D eigenvalue weighted by Crippen LogP contribution is -2.14. The van der Waals surface area contributed by atoms with Crippen LogP contribution in [0.15, 0.2) is 47.8 Å². The minimum atomic E-state index is -0.332. The third-order valence-electron chi connectivity index (χ3n) is 4.14. The number of rotatable bonds is 9. The Morgan fingerprint density at radius 1 is 1.00 bits per heavy atom. The molecule has 0 atom stereocenters. The molecule has 2 aromatic carbocycles. The Morgan fingerprint density at radius 2 is 1.76 bits per heavy atom. The van der Waals surface area contributed by atoms with E-state index in [0.717, 1.165) is 16.3 Å². The number of thiazole rings is 1. The van der Waals surface area contributed by atoms with E-state index in [1.165, 1.54) is 16.9 Å². The topological polar surface area (TPSA) is 66.9 Å². The van der Waals surface area contributed by atoms with Crippen molar-refractivity contribution in [2.24, 2.45) is 0 Å². The van der Waals surface area contributed by atoms with Gasteiger partial charge in [-0.05, 0) is 37.3 Å². The highest BCUT2D eigenvalue weighted by molar-refractivity contribution is 7.13. The smallest absolute Gasteiger partial charge is 0.312 e. The Morgan fingerprint density at radius 3 is 2.48 bits per heavy atom. The average Bonchev–Trinajstić information content (AvgIpc) is 3.20. The van der Waals surface area contributed by atoms with Gasteiger partial charge in [0.15, 0.2) is 11.5 Å². The average molecular weight is 413 g/mol. The zero-order valence-corrected chi connectivity index (χ0v) is 17.5. The Kier molecular flexibility index (Phi) is 7.08. The van der Waals surface area contributed by atoms with Gasteiger partial charge in [-0.2, -0.15) is 0 Å². The van der Waals surface area contributed by atoms with Gasteiger partial charge in [-0.25, -0.2) is 4.98 Å². The second-order valence-electron chi connectivity index (χ2n) is 6.27. The zero-order chi connectivity index (χ0) is 20.6. The first-order valence-electron chi connectivity index (χ1n) is 9.11. The van der Waals surface area contributed by atoms with Gasteiger partial charge in [0.1, 0.15) is 24.0 Å². The van der Waals surface area contributed by atoms with Crippen LogP contribution in [-0.4, -0.2) is 38.4 Å². The van der Waals surface area contributed by atoms with E-state index < -0.39 is 0 Å². The molecule has 0 aliphatic rings. The van der Waals surface area contributed by atoms with Gasteiger partial charge in [0.05, 0.1) is 26.3 Å². The molecule has 1 aromatic heterocycles. The minimum Gasteiger partial charge on any atom is -0.493 e. The molecule has 0 radical (unpaired) electrons. The molecule has 6 nitrogen and oxygen atoms in total. The lowest BCUT2D eigenvalue weighted by Gasteiger charge is -2.08. The molecule has 0 bridgehead atoms. The first-order valence-corrected chi connectivity index (χ1v) is 9.99. The summed E-state index contributed by atoms with van der Waals surface area (Å²) >= 11 is 1.46. The van der Waals surface area contributed by atoms with Gasteiger partial charge in [-0.15, -0.1) is 11.3 Å². The van der Waals surface area contributed by atoms with Crippen LogP contribution in [0.25, 0.3) is 10.6 Å². The van der Waals surface area contributed by atoms with Crippen LogP contribution in [0.2, 0.25) is 0 Å². The predicted octanol–water partition coefficient (Wildman–Crippen LogP) is 4.30. The number of hydrogen-bond donors (Lipinski definition) is 0. The summed E-state index contributed by atoms with van der Waals surface area (Å²) in [7, 11) is 3.18. The molecule has 0 saturated carbocycles. The monoisotopic (exact) mass is 413 g/mol. The summed E-state index contributed by atoms with van der Waals surface area (Å²) in [6.07, 6.45) is 0.119. The van der Waals surface area contributed by atoms with Crippen LogP contribution in [-0.2, 0) is 16.0 Å². The maximum absolute atomic E-state index is 12.0. The molecule has 7 heteroatoms. The fourth-order valence-electron chi connectivity index (χ4n) is 2.64. The summed E-state index contributed by atoms with van der Waals surface area (Å²) in [6, 6.07) is 13.3. The highest BCUT2D eigenvalue weighted by Gasteiger charge is 2.12. The highest BCUT2D eigenvalue weighted by Crippen LogP contribution is 2.33. The van der Waals surface area contributed by atoms with Crippen molar-refractivity contribution >= 4 is 17.3 Å². The van der Waals surface area contributed by atoms with E-state index in [1.54, 1.807) is 14.2 Å². The van der Waals surface area contributed by atoms with Crippen LogP contribution in [0, 0.1) is 6.92 Å². The first-order chi connectivity index (χ1) is 14.1. The van der Waals surface area contributed by atoms with Crippen molar-refractivity contribution in [3.63, 3.8) is 0 Å². The number of aromatic nitrogens is 1. The second kappa shape index (κ2) is 9.93. The molecule has 152 valence electrons. The minimum absolute atomic E-state index is 0.119. The van der Waals surface area contributed by atoms with E-state index >= 15 is 0 Å². The summed E-state index contributed by atoms with van der Waals surface area (Å²) in [4.78, 5) is 16.6. The largest absolute Gasteiger partial charge is 0.493 e. The summed E-state index contributed by atoms with van der Waals surface area (Å²) in [5, 5.41) is 2.66. The van der Waals surface area contributed by atoms with E-state index in [1.807, 2.05) is 54.8 Å². The summed E-state index contributed by atoms with van der Waals surface area (Å²) < 4.78 is 21.4. The SMILES string of the molecule is COc1ccc(-c2nc(CC(=O)OCCOc3ccc(C)cc3)cs2)cc1OC. The van der Waals surface area contributed by atoms with Crippen molar-refractivity contribution < 1.29 is 23.7 Å². The number of aryl methyl sites for hydroxylation is 1. The van der Waals surface area contributed by atoms with Gasteiger partial charge in [0.25, 0.3) is 0 Å². The molecule has 3 aromatic rings. The number of nitrogens with zero attached hydrogens (tertiary/aromatic N) is 1. The molecular formula is C22H23NO5S. The molecule has 0 N–H and O–H groups in total. The van der Waals surface area contributed by atoms with Gasteiger partial charge < -0.3 is 18.9 Å². The van der Waals surface area contributed by atoms with Crippen molar-refractivity contribution in [3.05, 3.63) is 59.1 Å². The number of carbonyl (C=O) groups excluding carboxylic acids is 1. The normalized spacial score (nSPS) is 10.4. The molecule has 3 rings (SSSR count). The molecule has 1 heterocycles. The van der Waals surface area contributed by atoms with Crippen LogP contribution in [0.4, 0.5) is 0 Å². The van der Waals surface area contributed by atoms with E-state index in [-0.39, 0.29) is 19.0 Å². The number of hydrogen-bond acceptors (Lipinski definition) is 7. The number of methoxy groups -OCH3 is 2. The van der Waals surface area contributed by atoms with Crippen LogP contribution in [0.3, 0.4) is 0 Å². The molecule has 0 aliphatic heterocycles. The van der Waals surface area contributed by atoms with E-state index in [0.29, 0.717) is 23.8 Å². The van der Waals surface area contributed by atoms with E-state index in [2.05, 4.69) is 4.98 Å². The van der Waals surface area contributed by atoms with Gasteiger partial charge in [-0.3, -0.25) is 4.79 Å². The third kappa shape index (κ3) is 5.71. The molecule has 0 aliphatic carbocycles. The van der Waals surface area contributed by atoms with Crippen LogP contribution in [0.5, 0.6) is 17.2 Å². The maximum Gasteiger partial charge on any atom is 0.312 e. The summed E-state index contributed by atoms with van der Waals surface area (Å²) in [5.74, 6) is 1.71. The summed E-state index contributed by atoms with van der Waals surface area (Å²) in [6.45, 7) is 2.52. The summed E-state index contributed by atoms with van der Waals surface area (Å²) in [5.41, 5.74) is 2.74. The molecular weight excluding hydrogens is 390 g/mol. The molecule has 0 amide bonds. The van der Waals surface area contributed by atoms with Crippen molar-refractivity contribution in [1.82, 2.24) is 4.98 Å². The van der Waals surface area contributed by atoms with Crippen molar-refractivity contribution in [3.8, 4) is 27.8 Å². The van der Waals surface area contributed by atoms with Gasteiger partial charge in [0.2, 0.25) is 0 Å². The van der Waals surface area contributed by atoms with Crippen molar-refractivity contribution in [2.45, 2.75) is 13.3 Å². The van der Waals surface area contributed by atoms with Gasteiger partial charge >= 0.3 is 5.97 Å². The number of carbonyl (C=O) groups is 1. The number of ether oxygens (including phenoxy) is 4. The quantitative estimate of drug-likeness (QED) is 0.385. The maximum atomic E-state index is 12.0. The van der Waals surface area contributed by atoms with E-state index in [9.17, 15) is 4.79 Å². The molecule has 0 spiro atoms. The fourth-order valence-corrected chi connectivity index (χ4v) is 3.46. The van der Waals surface area contributed by atoms with Gasteiger partial charge in [-0.1, -0.05) is 17.7 Å². The molecule has 0 unspecified atom stereocenters. The van der Waals surface area contributed by atoms with Crippen LogP contribution >= 0.6 is 11.3 Å². The zero-order valence-electron chi connectivity index (χ0n) is 16.6. The van der Waals surface area contributed by atoms with Crippen molar-refractivity contribution in [1.29, 1.82) is 0 Å². The first kappa shape index (κ1) is 20.7. The Hall–Kier alpha value is -3.06. The van der Waals surface area contributed by atoms with Crippen LogP contribution in [0.1, 0.15) is 11.3 Å². The second-order valence-corrected chi connectivity index (χ2v) is 7.13. The standard InChI is InChI=1S/C22H23NO5S/c1-15-4-7-18(8-5-15)27-10-11-28-21(24)13-17-14-29-22(23-17)16-6-9-19(25-2)20(12-16)26-3/h4-9,12,14H,10-11,13H2,1-3H3. The predicted molar refractivity (Wildman–Crippen MR) is 112 cm³/mol. The fraction of sp³-hybridized carbons (Fsp3) is 0.273. The molecule has 29 heavy (non-hydrogen) atoms. The van der Waals surface area contributed by atoms with Crippen molar-refractivity contribution in [2.75, 3.05) is 27.4 Å². The molecule has 0 fully saturated rings. The van der Waals surface area contributed by atoms with E-state index in [4.69, 9.17) is 18.9 Å². The number of esters is 1. The lowest BCUT2D eigenvalue weighted by atomic mass is 10.2. The number of benzene rings is 2.